The molecule has 0 aromatic heterocycles. The predicted octanol–water partition coefficient (Wildman–Crippen LogP) is 3.76. The predicted molar refractivity (Wildman–Crippen MR) is 110 cm³/mol. The summed E-state index contributed by atoms with van der Waals surface area (Å²) in [4.78, 5) is 26.1. The number of carbonyl (C=O) groups excluding carboxylic acids is 2. The van der Waals surface area contributed by atoms with Crippen LogP contribution in [0, 0.1) is 0 Å². The maximum Gasteiger partial charge on any atom is 0.255 e. The van der Waals surface area contributed by atoms with E-state index in [0.29, 0.717) is 16.9 Å². The van der Waals surface area contributed by atoms with Crippen LogP contribution in [0.5, 0.6) is 0 Å². The van der Waals surface area contributed by atoms with Gasteiger partial charge in [-0.05, 0) is 55.0 Å². The number of hydrogen-bond donors (Lipinski definition) is 2. The average molecular weight is 369 g/mol. The first kappa shape index (κ1) is 20.5. The van der Waals surface area contributed by atoms with E-state index in [4.69, 9.17) is 4.74 Å². The van der Waals surface area contributed by atoms with Crippen LogP contribution < -0.4 is 15.5 Å². The lowest BCUT2D eigenvalue weighted by Gasteiger charge is -2.19. The van der Waals surface area contributed by atoms with E-state index in [1.165, 1.54) is 7.11 Å². The van der Waals surface area contributed by atoms with E-state index in [1.807, 2.05) is 24.3 Å². The van der Waals surface area contributed by atoms with Crippen molar-refractivity contribution in [1.82, 2.24) is 0 Å². The minimum Gasteiger partial charge on any atom is -0.375 e. The Hall–Kier alpha value is -2.86. The molecule has 2 rings (SSSR count). The summed E-state index contributed by atoms with van der Waals surface area (Å²) in [7, 11) is 3.52. The van der Waals surface area contributed by atoms with Crippen LogP contribution in [-0.2, 0) is 9.53 Å². The molecule has 6 heteroatoms. The Balaban J connectivity index is 1.93. The molecule has 0 saturated heterocycles. The molecule has 0 aliphatic rings. The van der Waals surface area contributed by atoms with Gasteiger partial charge in [-0.15, -0.1) is 0 Å². The summed E-state index contributed by atoms with van der Waals surface area (Å²) >= 11 is 0. The third-order valence-electron chi connectivity index (χ3n) is 4.12. The van der Waals surface area contributed by atoms with Gasteiger partial charge in [-0.3, -0.25) is 9.59 Å². The number of hydrogen-bond acceptors (Lipinski definition) is 4. The van der Waals surface area contributed by atoms with Crippen molar-refractivity contribution < 1.29 is 14.3 Å². The fourth-order valence-corrected chi connectivity index (χ4v) is 2.56. The second kappa shape index (κ2) is 10.3. The van der Waals surface area contributed by atoms with E-state index >= 15 is 0 Å². The summed E-state index contributed by atoms with van der Waals surface area (Å²) in [5, 5.41) is 5.56. The number of ether oxygens (including phenoxy) is 1. The first-order valence-corrected chi connectivity index (χ1v) is 9.05. The molecule has 0 spiro atoms. The summed E-state index contributed by atoms with van der Waals surface area (Å²) in [6.45, 7) is 3.17. The van der Waals surface area contributed by atoms with Gasteiger partial charge >= 0.3 is 0 Å². The van der Waals surface area contributed by atoms with Crippen molar-refractivity contribution in [3.05, 3.63) is 54.1 Å². The first-order valence-electron chi connectivity index (χ1n) is 9.05. The lowest BCUT2D eigenvalue weighted by atomic mass is 10.1. The topological polar surface area (TPSA) is 70.7 Å². The largest absolute Gasteiger partial charge is 0.375 e. The van der Waals surface area contributed by atoms with Gasteiger partial charge in [0, 0.05) is 43.3 Å². The summed E-state index contributed by atoms with van der Waals surface area (Å²) in [5.74, 6) is -0.396. The molecule has 0 unspecified atom stereocenters. The Morgan fingerprint density at radius 1 is 0.963 bits per heavy atom. The molecule has 0 radical (unpaired) electrons. The number of nitrogens with zero attached hydrogens (tertiary/aromatic N) is 1. The number of nitrogens with one attached hydrogen (secondary N) is 2. The molecule has 2 aromatic carbocycles. The molecule has 0 saturated carbocycles. The fourth-order valence-electron chi connectivity index (χ4n) is 2.56. The summed E-state index contributed by atoms with van der Waals surface area (Å²) < 4.78 is 4.77. The van der Waals surface area contributed by atoms with Crippen LogP contribution >= 0.6 is 0 Å². The van der Waals surface area contributed by atoms with Crippen molar-refractivity contribution in [3.8, 4) is 0 Å². The van der Waals surface area contributed by atoms with Gasteiger partial charge < -0.3 is 20.3 Å². The normalized spacial score (nSPS) is 10.3. The number of methoxy groups -OCH3 is 1. The van der Waals surface area contributed by atoms with Gasteiger partial charge in [0.05, 0.1) is 0 Å². The number of benzene rings is 2. The molecule has 0 aliphatic carbocycles. The second-order valence-electron chi connectivity index (χ2n) is 6.33. The molecule has 27 heavy (non-hydrogen) atoms. The van der Waals surface area contributed by atoms with Gasteiger partial charge in [-0.2, -0.15) is 0 Å². The quantitative estimate of drug-likeness (QED) is 0.706. The Morgan fingerprint density at radius 2 is 1.56 bits per heavy atom. The number of unbranched alkanes of at least 4 members (excludes halogenated alkanes) is 1. The van der Waals surface area contributed by atoms with Crippen LogP contribution in [0.25, 0.3) is 0 Å². The zero-order chi connectivity index (χ0) is 19.6. The summed E-state index contributed by atoms with van der Waals surface area (Å²) in [6.07, 6.45) is 2.29. The minimum atomic E-state index is -0.224. The lowest BCUT2D eigenvalue weighted by Crippen LogP contribution is -2.18. The molecule has 0 aliphatic heterocycles. The molecule has 0 atom stereocenters. The third kappa shape index (κ3) is 6.42. The maximum atomic E-state index is 12.4. The maximum absolute atomic E-state index is 12.4. The van der Waals surface area contributed by atoms with Crippen LogP contribution in [0.2, 0.25) is 0 Å². The van der Waals surface area contributed by atoms with Crippen LogP contribution in [-0.4, -0.2) is 39.1 Å². The van der Waals surface area contributed by atoms with Crippen molar-refractivity contribution in [2.45, 2.75) is 19.8 Å². The van der Waals surface area contributed by atoms with Crippen molar-refractivity contribution in [3.63, 3.8) is 0 Å². The van der Waals surface area contributed by atoms with E-state index in [-0.39, 0.29) is 18.4 Å². The van der Waals surface area contributed by atoms with Crippen LogP contribution in [0.15, 0.2) is 48.5 Å². The highest BCUT2D eigenvalue weighted by molar-refractivity contribution is 6.04. The van der Waals surface area contributed by atoms with E-state index in [9.17, 15) is 9.59 Å². The number of carbonyl (C=O) groups is 2. The van der Waals surface area contributed by atoms with Gasteiger partial charge in [-0.1, -0.05) is 13.3 Å². The van der Waals surface area contributed by atoms with Gasteiger partial charge in [-0.25, -0.2) is 0 Å². The van der Waals surface area contributed by atoms with Gasteiger partial charge in [0.1, 0.15) is 6.61 Å². The molecule has 2 aromatic rings. The molecular weight excluding hydrogens is 342 g/mol. The number of anilines is 3. The molecule has 6 nitrogen and oxygen atoms in total. The highest BCUT2D eigenvalue weighted by atomic mass is 16.5. The van der Waals surface area contributed by atoms with Crippen LogP contribution in [0.3, 0.4) is 0 Å². The summed E-state index contributed by atoms with van der Waals surface area (Å²) in [5.41, 5.74) is 3.00. The van der Waals surface area contributed by atoms with E-state index < -0.39 is 0 Å². The molecule has 2 N–H and O–H groups in total. The van der Waals surface area contributed by atoms with Crippen molar-refractivity contribution in [1.29, 1.82) is 0 Å². The molecular formula is C21H27N3O3. The number of rotatable bonds is 9. The molecule has 0 heterocycles. The first-order chi connectivity index (χ1) is 13.0. The highest BCUT2D eigenvalue weighted by Crippen LogP contribution is 2.17. The zero-order valence-electron chi connectivity index (χ0n) is 16.1. The van der Waals surface area contributed by atoms with Crippen molar-refractivity contribution in [2.24, 2.45) is 0 Å². The molecule has 0 fully saturated rings. The van der Waals surface area contributed by atoms with E-state index in [1.54, 1.807) is 24.3 Å². The van der Waals surface area contributed by atoms with E-state index in [0.717, 1.165) is 25.1 Å². The highest BCUT2D eigenvalue weighted by Gasteiger charge is 2.08. The standard InChI is InChI=1S/C21H27N3O3/c1-4-5-14-24(2)19-12-6-16(7-13-19)21(26)23-18-10-8-17(9-11-18)22-20(25)15-27-3/h6-13H,4-5,14-15H2,1-3H3,(H,22,25)(H,23,26). The fraction of sp³-hybridized carbons (Fsp3) is 0.333. The molecule has 0 bridgehead atoms. The number of amides is 2. The van der Waals surface area contributed by atoms with E-state index in [2.05, 4.69) is 29.5 Å². The smallest absolute Gasteiger partial charge is 0.255 e. The molecule has 2 amide bonds. The Morgan fingerprint density at radius 3 is 2.11 bits per heavy atom. The lowest BCUT2D eigenvalue weighted by molar-refractivity contribution is -0.119. The Kier molecular flexibility index (Phi) is 7.82. The average Bonchev–Trinajstić information content (AvgIpc) is 2.68. The van der Waals surface area contributed by atoms with Gasteiger partial charge in [0.25, 0.3) is 5.91 Å². The zero-order valence-corrected chi connectivity index (χ0v) is 16.1. The monoisotopic (exact) mass is 369 g/mol. The van der Waals surface area contributed by atoms with Crippen molar-refractivity contribution in [2.75, 3.05) is 42.8 Å². The van der Waals surface area contributed by atoms with Crippen LogP contribution in [0.4, 0.5) is 17.1 Å². The van der Waals surface area contributed by atoms with Crippen molar-refractivity contribution >= 4 is 28.9 Å². The van der Waals surface area contributed by atoms with Crippen LogP contribution in [0.1, 0.15) is 30.1 Å². The Labute approximate surface area is 160 Å². The van der Waals surface area contributed by atoms with Gasteiger partial charge in [0.2, 0.25) is 5.91 Å². The SMILES string of the molecule is CCCCN(C)c1ccc(C(=O)Nc2ccc(NC(=O)COC)cc2)cc1. The van der Waals surface area contributed by atoms with Gasteiger partial charge in [0.15, 0.2) is 0 Å². The molecule has 144 valence electrons. The summed E-state index contributed by atoms with van der Waals surface area (Å²) in [6, 6.07) is 14.5. The second-order valence-corrected chi connectivity index (χ2v) is 6.33. The minimum absolute atomic E-state index is 0.00210. The third-order valence-corrected chi connectivity index (χ3v) is 4.12. The Bertz CT molecular complexity index is 742.